The van der Waals surface area contributed by atoms with Crippen LogP contribution in [0.2, 0.25) is 5.02 Å². The van der Waals surface area contributed by atoms with Gasteiger partial charge in [0.2, 0.25) is 0 Å². The summed E-state index contributed by atoms with van der Waals surface area (Å²) in [4.78, 5) is 1.29. The lowest BCUT2D eigenvalue weighted by Crippen LogP contribution is -1.88. The van der Waals surface area contributed by atoms with Crippen LogP contribution in [0.1, 0.15) is 10.4 Å². The van der Waals surface area contributed by atoms with Crippen molar-refractivity contribution in [2.75, 3.05) is 0 Å². The summed E-state index contributed by atoms with van der Waals surface area (Å²) in [5, 5.41) is 6.18. The van der Waals surface area contributed by atoms with E-state index in [1.807, 2.05) is 35.1 Å². The predicted molar refractivity (Wildman–Crippen MR) is 75.7 cm³/mol. The number of hydrogen-bond acceptors (Lipinski definition) is 2. The van der Waals surface area contributed by atoms with Gasteiger partial charge in [0.1, 0.15) is 5.00 Å². The van der Waals surface area contributed by atoms with Gasteiger partial charge in [-0.1, -0.05) is 29.8 Å². The molecule has 3 rings (SSSR count). The zero-order chi connectivity index (χ0) is 12.4. The predicted octanol–water partition coefficient (Wildman–Crippen LogP) is 4.18. The third kappa shape index (κ3) is 2.33. The Bertz CT molecular complexity index is 643. The van der Waals surface area contributed by atoms with Crippen molar-refractivity contribution in [2.24, 2.45) is 0 Å². The van der Waals surface area contributed by atoms with Crippen molar-refractivity contribution in [3.63, 3.8) is 0 Å². The van der Waals surface area contributed by atoms with Crippen LogP contribution in [0.25, 0.3) is 5.00 Å². The van der Waals surface area contributed by atoms with Gasteiger partial charge in [-0.05, 0) is 29.8 Å². The van der Waals surface area contributed by atoms with Gasteiger partial charge in [-0.2, -0.15) is 5.10 Å². The second kappa shape index (κ2) is 4.96. The molecule has 0 aliphatic rings. The van der Waals surface area contributed by atoms with Crippen molar-refractivity contribution in [3.8, 4) is 5.00 Å². The SMILES string of the molecule is Clc1ccccc1Cc1ccc(-n2cccn2)s1. The third-order valence-corrected chi connectivity index (χ3v) is 4.14. The molecule has 3 aromatic rings. The van der Waals surface area contributed by atoms with Gasteiger partial charge in [-0.3, -0.25) is 0 Å². The first kappa shape index (κ1) is 11.5. The Labute approximate surface area is 114 Å². The fraction of sp³-hybridized carbons (Fsp3) is 0.0714. The smallest absolute Gasteiger partial charge is 0.117 e. The van der Waals surface area contributed by atoms with E-state index in [-0.39, 0.29) is 0 Å². The molecule has 18 heavy (non-hydrogen) atoms. The van der Waals surface area contributed by atoms with Crippen LogP contribution in [-0.2, 0) is 6.42 Å². The molecule has 0 spiro atoms. The van der Waals surface area contributed by atoms with Gasteiger partial charge < -0.3 is 0 Å². The number of hydrogen-bond donors (Lipinski definition) is 0. The van der Waals surface area contributed by atoms with Gasteiger partial charge in [0.15, 0.2) is 0 Å². The maximum atomic E-state index is 6.17. The quantitative estimate of drug-likeness (QED) is 0.701. The van der Waals surface area contributed by atoms with Crippen molar-refractivity contribution in [1.82, 2.24) is 9.78 Å². The van der Waals surface area contributed by atoms with Crippen LogP contribution in [0.15, 0.2) is 54.9 Å². The van der Waals surface area contributed by atoms with Gasteiger partial charge in [-0.25, -0.2) is 4.68 Å². The van der Waals surface area contributed by atoms with Crippen LogP contribution in [0, 0.1) is 0 Å². The molecule has 0 saturated carbocycles. The van der Waals surface area contributed by atoms with E-state index in [1.54, 1.807) is 17.5 Å². The summed E-state index contributed by atoms with van der Waals surface area (Å²) >= 11 is 7.90. The molecular weight excluding hydrogens is 264 g/mol. The second-order valence-corrected chi connectivity index (χ2v) is 5.51. The number of aromatic nitrogens is 2. The molecular formula is C14H11ClN2S. The molecule has 2 heterocycles. The van der Waals surface area contributed by atoms with Crippen LogP contribution in [0.3, 0.4) is 0 Å². The largest absolute Gasteiger partial charge is 0.231 e. The molecule has 90 valence electrons. The Morgan fingerprint density at radius 3 is 2.78 bits per heavy atom. The van der Waals surface area contributed by atoms with Gasteiger partial charge >= 0.3 is 0 Å². The van der Waals surface area contributed by atoms with Crippen LogP contribution in [0.4, 0.5) is 0 Å². The molecule has 0 aliphatic carbocycles. The number of halogens is 1. The summed E-state index contributed by atoms with van der Waals surface area (Å²) < 4.78 is 1.88. The topological polar surface area (TPSA) is 17.8 Å². The van der Waals surface area contributed by atoms with Crippen molar-refractivity contribution in [2.45, 2.75) is 6.42 Å². The zero-order valence-corrected chi connectivity index (χ0v) is 11.2. The van der Waals surface area contributed by atoms with E-state index >= 15 is 0 Å². The van der Waals surface area contributed by atoms with Crippen molar-refractivity contribution in [1.29, 1.82) is 0 Å². The zero-order valence-electron chi connectivity index (χ0n) is 9.58. The third-order valence-electron chi connectivity index (χ3n) is 2.70. The van der Waals surface area contributed by atoms with Crippen LogP contribution >= 0.6 is 22.9 Å². The number of thiophene rings is 1. The minimum Gasteiger partial charge on any atom is -0.231 e. The molecule has 0 N–H and O–H groups in total. The van der Waals surface area contributed by atoms with Crippen LogP contribution in [0.5, 0.6) is 0 Å². The number of rotatable bonds is 3. The summed E-state index contributed by atoms with van der Waals surface area (Å²) in [5.41, 5.74) is 1.16. The first-order chi connectivity index (χ1) is 8.83. The lowest BCUT2D eigenvalue weighted by molar-refractivity contribution is 0.898. The lowest BCUT2D eigenvalue weighted by Gasteiger charge is -2.01. The summed E-state index contributed by atoms with van der Waals surface area (Å²) in [6.45, 7) is 0. The fourth-order valence-corrected chi connectivity index (χ4v) is 2.99. The first-order valence-electron chi connectivity index (χ1n) is 5.65. The summed E-state index contributed by atoms with van der Waals surface area (Å²) in [5.74, 6) is 0. The van der Waals surface area contributed by atoms with Gasteiger partial charge in [-0.15, -0.1) is 11.3 Å². The molecule has 2 aromatic heterocycles. The van der Waals surface area contributed by atoms with Gasteiger partial charge in [0.25, 0.3) is 0 Å². The van der Waals surface area contributed by atoms with Crippen molar-refractivity contribution in [3.05, 3.63) is 70.3 Å². The lowest BCUT2D eigenvalue weighted by atomic mass is 10.1. The van der Waals surface area contributed by atoms with Gasteiger partial charge in [0, 0.05) is 28.7 Å². The van der Waals surface area contributed by atoms with Crippen LogP contribution < -0.4 is 0 Å². The Morgan fingerprint density at radius 1 is 1.11 bits per heavy atom. The molecule has 0 fully saturated rings. The average Bonchev–Trinajstić information content (AvgIpc) is 3.02. The monoisotopic (exact) mass is 274 g/mol. The molecule has 0 bridgehead atoms. The molecule has 2 nitrogen and oxygen atoms in total. The van der Waals surface area contributed by atoms with Crippen molar-refractivity contribution < 1.29 is 0 Å². The Hall–Kier alpha value is -1.58. The maximum Gasteiger partial charge on any atom is 0.117 e. The highest BCUT2D eigenvalue weighted by atomic mass is 35.5. The molecule has 4 heteroatoms. The van der Waals surface area contributed by atoms with E-state index < -0.39 is 0 Å². The Kier molecular flexibility index (Phi) is 3.17. The average molecular weight is 275 g/mol. The minimum absolute atomic E-state index is 0.825. The first-order valence-corrected chi connectivity index (χ1v) is 6.84. The maximum absolute atomic E-state index is 6.17. The highest BCUT2D eigenvalue weighted by Crippen LogP contribution is 2.25. The number of nitrogens with zero attached hydrogens (tertiary/aromatic N) is 2. The van der Waals surface area contributed by atoms with E-state index in [0.29, 0.717) is 0 Å². The highest BCUT2D eigenvalue weighted by Gasteiger charge is 2.05. The summed E-state index contributed by atoms with van der Waals surface area (Å²) in [6.07, 6.45) is 4.60. The van der Waals surface area contributed by atoms with E-state index in [2.05, 4.69) is 23.3 Å². The van der Waals surface area contributed by atoms with E-state index in [4.69, 9.17) is 11.6 Å². The Morgan fingerprint density at radius 2 is 2.00 bits per heavy atom. The molecule has 0 unspecified atom stereocenters. The summed E-state index contributed by atoms with van der Waals surface area (Å²) in [6, 6.07) is 14.1. The van der Waals surface area contributed by atoms with E-state index in [1.165, 1.54) is 4.88 Å². The minimum atomic E-state index is 0.825. The van der Waals surface area contributed by atoms with E-state index in [0.717, 1.165) is 22.0 Å². The molecule has 0 aliphatic heterocycles. The fourth-order valence-electron chi connectivity index (χ4n) is 1.81. The standard InChI is InChI=1S/C14H11ClN2S/c15-13-5-2-1-4-11(13)10-12-6-7-14(18-12)17-9-3-8-16-17/h1-9H,10H2. The normalized spacial score (nSPS) is 10.7. The van der Waals surface area contributed by atoms with Crippen LogP contribution in [-0.4, -0.2) is 9.78 Å². The highest BCUT2D eigenvalue weighted by molar-refractivity contribution is 7.14. The molecule has 1 aromatic carbocycles. The number of benzene rings is 1. The second-order valence-electron chi connectivity index (χ2n) is 3.96. The van der Waals surface area contributed by atoms with Gasteiger partial charge in [0.05, 0.1) is 0 Å². The van der Waals surface area contributed by atoms with Crippen molar-refractivity contribution >= 4 is 22.9 Å². The summed E-state index contributed by atoms with van der Waals surface area (Å²) in [7, 11) is 0. The molecule has 0 saturated heterocycles. The Balaban J connectivity index is 1.85. The molecule has 0 radical (unpaired) electrons. The molecule has 0 atom stereocenters. The van der Waals surface area contributed by atoms with E-state index in [9.17, 15) is 0 Å². The molecule has 0 amide bonds.